The summed E-state index contributed by atoms with van der Waals surface area (Å²) in [6.45, 7) is 8.98. The molecule has 0 aliphatic carbocycles. The van der Waals surface area contributed by atoms with Crippen molar-refractivity contribution in [1.82, 2.24) is 9.80 Å². The van der Waals surface area contributed by atoms with Gasteiger partial charge in [0.15, 0.2) is 0 Å². The molecule has 0 radical (unpaired) electrons. The van der Waals surface area contributed by atoms with Gasteiger partial charge in [-0.25, -0.2) is 0 Å². The van der Waals surface area contributed by atoms with Crippen LogP contribution < -0.4 is 0 Å². The van der Waals surface area contributed by atoms with Gasteiger partial charge >= 0.3 is 0 Å². The number of carbonyl (C=O) groups excluding carboxylic acids is 1. The minimum Gasteiger partial charge on any atom is -0.342 e. The molecule has 12 heavy (non-hydrogen) atoms. The molecule has 0 fully saturated rings. The third-order valence-corrected chi connectivity index (χ3v) is 2.08. The normalized spacial score (nSPS) is 10.8. The summed E-state index contributed by atoms with van der Waals surface area (Å²) in [5.74, 6) is 0. The Labute approximate surface area is 75.3 Å². The molecule has 0 aromatic heterocycles. The Kier molecular flexibility index (Phi) is 5.72. The Morgan fingerprint density at radius 3 is 2.25 bits per heavy atom. The first kappa shape index (κ1) is 11.4. The average molecular weight is 172 g/mol. The summed E-state index contributed by atoms with van der Waals surface area (Å²) < 4.78 is 0. The van der Waals surface area contributed by atoms with Crippen molar-refractivity contribution in [3.05, 3.63) is 0 Å². The van der Waals surface area contributed by atoms with Gasteiger partial charge in [0.25, 0.3) is 0 Å². The molecule has 0 N–H and O–H groups in total. The summed E-state index contributed by atoms with van der Waals surface area (Å²) in [5, 5.41) is 0. The van der Waals surface area contributed by atoms with Gasteiger partial charge in [0.1, 0.15) is 0 Å². The van der Waals surface area contributed by atoms with E-state index in [9.17, 15) is 4.79 Å². The second-order valence-electron chi connectivity index (χ2n) is 3.33. The highest BCUT2D eigenvalue weighted by molar-refractivity contribution is 5.47. The molecule has 3 heteroatoms. The van der Waals surface area contributed by atoms with Crippen molar-refractivity contribution in [2.75, 3.05) is 26.7 Å². The van der Waals surface area contributed by atoms with E-state index in [0.29, 0.717) is 6.04 Å². The fourth-order valence-corrected chi connectivity index (χ4v) is 0.877. The van der Waals surface area contributed by atoms with E-state index in [1.165, 1.54) is 0 Å². The van der Waals surface area contributed by atoms with Gasteiger partial charge in [0.05, 0.1) is 0 Å². The predicted octanol–water partition coefficient (Wildman–Crippen LogP) is 0.805. The maximum absolute atomic E-state index is 10.6. The van der Waals surface area contributed by atoms with Gasteiger partial charge in [0, 0.05) is 19.1 Å². The highest BCUT2D eigenvalue weighted by Crippen LogP contribution is 1.93. The summed E-state index contributed by atoms with van der Waals surface area (Å²) in [7, 11) is 2.06. The van der Waals surface area contributed by atoms with Crippen LogP contribution in [-0.4, -0.2) is 48.9 Å². The fourth-order valence-electron chi connectivity index (χ4n) is 0.877. The van der Waals surface area contributed by atoms with Crippen molar-refractivity contribution in [2.24, 2.45) is 0 Å². The van der Waals surface area contributed by atoms with Crippen LogP contribution >= 0.6 is 0 Å². The Bertz CT molecular complexity index is 126. The Hall–Kier alpha value is -0.570. The number of amides is 1. The zero-order valence-corrected chi connectivity index (χ0v) is 8.58. The van der Waals surface area contributed by atoms with E-state index < -0.39 is 0 Å². The monoisotopic (exact) mass is 172 g/mol. The average Bonchev–Trinajstić information content (AvgIpc) is 2.04. The lowest BCUT2D eigenvalue weighted by molar-refractivity contribution is -0.119. The topological polar surface area (TPSA) is 23.6 Å². The molecule has 0 atom stereocenters. The third-order valence-electron chi connectivity index (χ3n) is 2.08. The first-order valence-corrected chi connectivity index (χ1v) is 4.51. The van der Waals surface area contributed by atoms with Gasteiger partial charge in [-0.2, -0.15) is 0 Å². The molecule has 0 spiro atoms. The molecule has 72 valence electrons. The smallest absolute Gasteiger partial charge is 0.209 e. The van der Waals surface area contributed by atoms with Crippen LogP contribution in [-0.2, 0) is 4.79 Å². The van der Waals surface area contributed by atoms with Crippen molar-refractivity contribution in [2.45, 2.75) is 26.8 Å². The highest BCUT2D eigenvalue weighted by Gasteiger charge is 2.05. The molecule has 0 heterocycles. The van der Waals surface area contributed by atoms with Crippen molar-refractivity contribution in [3.63, 3.8) is 0 Å². The summed E-state index contributed by atoms with van der Waals surface area (Å²) in [6, 6.07) is 0.313. The minimum atomic E-state index is 0.313. The molecule has 0 rings (SSSR count). The first-order chi connectivity index (χ1) is 5.61. The van der Waals surface area contributed by atoms with Crippen LogP contribution in [0.15, 0.2) is 0 Å². The maximum Gasteiger partial charge on any atom is 0.209 e. The summed E-state index contributed by atoms with van der Waals surface area (Å²) >= 11 is 0. The Morgan fingerprint density at radius 1 is 1.33 bits per heavy atom. The van der Waals surface area contributed by atoms with Crippen LogP contribution in [0.4, 0.5) is 0 Å². The molecule has 3 nitrogen and oxygen atoms in total. The van der Waals surface area contributed by atoms with Crippen LogP contribution in [0, 0.1) is 0 Å². The van der Waals surface area contributed by atoms with Crippen molar-refractivity contribution in [1.29, 1.82) is 0 Å². The minimum absolute atomic E-state index is 0.313. The van der Waals surface area contributed by atoms with Crippen LogP contribution in [0.1, 0.15) is 20.8 Å². The van der Waals surface area contributed by atoms with Gasteiger partial charge in [-0.15, -0.1) is 0 Å². The second-order valence-corrected chi connectivity index (χ2v) is 3.33. The molecule has 0 bridgehead atoms. The third kappa shape index (κ3) is 4.34. The maximum atomic E-state index is 10.6. The molecular formula is C9H20N2O. The molecule has 0 aliphatic heterocycles. The predicted molar refractivity (Wildman–Crippen MR) is 51.1 cm³/mol. The van der Waals surface area contributed by atoms with E-state index in [1.54, 1.807) is 0 Å². The number of hydrogen-bond donors (Lipinski definition) is 0. The zero-order valence-electron chi connectivity index (χ0n) is 8.58. The van der Waals surface area contributed by atoms with Crippen LogP contribution in [0.25, 0.3) is 0 Å². The Balaban J connectivity index is 3.65. The van der Waals surface area contributed by atoms with Crippen LogP contribution in [0.3, 0.4) is 0 Å². The van der Waals surface area contributed by atoms with Crippen LogP contribution in [0.2, 0.25) is 0 Å². The van der Waals surface area contributed by atoms with E-state index in [0.717, 1.165) is 26.0 Å². The largest absolute Gasteiger partial charge is 0.342 e. The quantitative estimate of drug-likeness (QED) is 0.553. The molecule has 0 aromatic carbocycles. The van der Waals surface area contributed by atoms with E-state index in [4.69, 9.17) is 0 Å². The van der Waals surface area contributed by atoms with Gasteiger partial charge < -0.3 is 9.80 Å². The van der Waals surface area contributed by atoms with Gasteiger partial charge in [-0.1, -0.05) is 6.92 Å². The molecule has 0 aromatic rings. The van der Waals surface area contributed by atoms with Crippen molar-refractivity contribution < 1.29 is 4.79 Å². The van der Waals surface area contributed by atoms with Gasteiger partial charge in [-0.3, -0.25) is 4.79 Å². The molecular weight excluding hydrogens is 152 g/mol. The first-order valence-electron chi connectivity index (χ1n) is 4.51. The fraction of sp³-hybridized carbons (Fsp3) is 0.889. The summed E-state index contributed by atoms with van der Waals surface area (Å²) in [5.41, 5.74) is 0. The second kappa shape index (κ2) is 6.00. The molecule has 1 amide bonds. The zero-order chi connectivity index (χ0) is 9.56. The molecule has 0 saturated heterocycles. The van der Waals surface area contributed by atoms with Gasteiger partial charge in [0.2, 0.25) is 6.41 Å². The van der Waals surface area contributed by atoms with E-state index in [2.05, 4.69) is 18.9 Å². The van der Waals surface area contributed by atoms with E-state index >= 15 is 0 Å². The van der Waals surface area contributed by atoms with Crippen molar-refractivity contribution in [3.8, 4) is 0 Å². The lowest BCUT2D eigenvalue weighted by Gasteiger charge is -2.24. The number of hydrogen-bond acceptors (Lipinski definition) is 2. The Morgan fingerprint density at radius 2 is 1.92 bits per heavy atom. The van der Waals surface area contributed by atoms with Crippen molar-refractivity contribution >= 4 is 6.41 Å². The molecule has 0 unspecified atom stereocenters. The lowest BCUT2D eigenvalue weighted by atomic mass is 10.3. The molecule has 0 saturated carbocycles. The SMILES string of the molecule is CCN(C)CCN(C=O)C(C)C. The summed E-state index contributed by atoms with van der Waals surface area (Å²) in [6.07, 6.45) is 0.925. The standard InChI is InChI=1S/C9H20N2O/c1-5-10(4)6-7-11(8-12)9(2)3/h8-9H,5-7H2,1-4H3. The number of nitrogens with zero attached hydrogens (tertiary/aromatic N) is 2. The lowest BCUT2D eigenvalue weighted by Crippen LogP contribution is -2.36. The molecule has 0 aliphatic rings. The number of carbonyl (C=O) groups is 1. The highest BCUT2D eigenvalue weighted by atomic mass is 16.1. The van der Waals surface area contributed by atoms with E-state index in [1.807, 2.05) is 18.7 Å². The van der Waals surface area contributed by atoms with E-state index in [-0.39, 0.29) is 0 Å². The number of rotatable bonds is 6. The summed E-state index contributed by atoms with van der Waals surface area (Å²) in [4.78, 5) is 14.6. The van der Waals surface area contributed by atoms with Gasteiger partial charge in [-0.05, 0) is 27.4 Å². The number of likely N-dealkylation sites (N-methyl/N-ethyl adjacent to an activating group) is 1. The van der Waals surface area contributed by atoms with Crippen LogP contribution in [0.5, 0.6) is 0 Å².